The summed E-state index contributed by atoms with van der Waals surface area (Å²) in [5.41, 5.74) is 12.2. The second-order valence-electron chi connectivity index (χ2n) is 13.4. The van der Waals surface area contributed by atoms with Crippen molar-refractivity contribution in [3.8, 4) is 17.2 Å². The second-order valence-corrected chi connectivity index (χ2v) is 13.4. The summed E-state index contributed by atoms with van der Waals surface area (Å²) in [7, 11) is 0. The van der Waals surface area contributed by atoms with Crippen LogP contribution in [0.15, 0.2) is 168 Å². The maximum Gasteiger partial charge on any atom is 0.155 e. The summed E-state index contributed by atoms with van der Waals surface area (Å²) in [6.45, 7) is 0. The van der Waals surface area contributed by atoms with Crippen LogP contribution in [0.2, 0.25) is 0 Å². The van der Waals surface area contributed by atoms with Gasteiger partial charge in [-0.05, 0) is 84.9 Å². The van der Waals surface area contributed by atoms with Gasteiger partial charge in [-0.15, -0.1) is 0 Å². The summed E-state index contributed by atoms with van der Waals surface area (Å²) in [6.07, 6.45) is 1.79. The second kappa shape index (κ2) is 10.2. The van der Waals surface area contributed by atoms with Gasteiger partial charge in [-0.25, -0.2) is 4.98 Å². The molecule has 6 heteroatoms. The molecule has 6 aromatic heterocycles. The predicted molar refractivity (Wildman–Crippen MR) is 212 cm³/mol. The summed E-state index contributed by atoms with van der Waals surface area (Å²) in [4.78, 5) is 9.71. The van der Waals surface area contributed by atoms with Crippen LogP contribution in [-0.4, -0.2) is 23.7 Å². The fraction of sp³-hybridized carbons (Fsp3) is 0. The van der Waals surface area contributed by atoms with Crippen LogP contribution in [0.1, 0.15) is 0 Å². The molecule has 12 aromatic rings. The summed E-state index contributed by atoms with van der Waals surface area (Å²) in [5, 5.41) is 7.30. The number of fused-ring (bicyclic) bond motifs is 12. The number of nitrogens with zero attached hydrogens (tertiary/aromatic N) is 5. The van der Waals surface area contributed by atoms with Crippen LogP contribution < -0.4 is 0 Å². The molecule has 0 saturated heterocycles. The lowest BCUT2D eigenvalue weighted by Crippen LogP contribution is -1.98. The molecule has 0 bridgehead atoms. The number of para-hydroxylation sites is 4. The zero-order valence-electron chi connectivity index (χ0n) is 27.7. The highest BCUT2D eigenvalue weighted by atomic mass is 16.3. The van der Waals surface area contributed by atoms with E-state index in [0.717, 1.165) is 55.8 Å². The van der Waals surface area contributed by atoms with E-state index in [2.05, 4.69) is 152 Å². The van der Waals surface area contributed by atoms with Crippen molar-refractivity contribution in [3.63, 3.8) is 0 Å². The first-order valence-corrected chi connectivity index (χ1v) is 17.5. The molecule has 52 heavy (non-hydrogen) atoms. The lowest BCUT2D eigenvalue weighted by molar-refractivity contribution is 0.667. The molecular formula is C46H27N5O. The third-order valence-corrected chi connectivity index (χ3v) is 10.7. The van der Waals surface area contributed by atoms with Gasteiger partial charge in [0, 0.05) is 49.9 Å². The Labute approximate surface area is 296 Å². The molecule has 12 rings (SSSR count). The Morgan fingerprint density at radius 3 is 1.40 bits per heavy atom. The van der Waals surface area contributed by atoms with Gasteiger partial charge in [0.1, 0.15) is 16.9 Å². The molecule has 0 saturated carbocycles. The maximum absolute atomic E-state index is 6.05. The molecule has 6 aromatic carbocycles. The van der Waals surface area contributed by atoms with Crippen molar-refractivity contribution < 1.29 is 4.42 Å². The first-order chi connectivity index (χ1) is 25.8. The molecule has 0 radical (unpaired) electrons. The average molecular weight is 666 g/mol. The molecule has 0 aliphatic heterocycles. The number of hydrogen-bond acceptors (Lipinski definition) is 3. The van der Waals surface area contributed by atoms with Crippen LogP contribution in [0.5, 0.6) is 0 Å². The van der Waals surface area contributed by atoms with Crippen molar-refractivity contribution in [2.45, 2.75) is 0 Å². The van der Waals surface area contributed by atoms with Crippen molar-refractivity contribution in [1.29, 1.82) is 0 Å². The van der Waals surface area contributed by atoms with E-state index in [9.17, 15) is 0 Å². The Hall–Kier alpha value is -7.18. The van der Waals surface area contributed by atoms with Gasteiger partial charge in [-0.3, -0.25) is 9.55 Å². The number of benzene rings is 6. The molecule has 6 heterocycles. The van der Waals surface area contributed by atoms with E-state index < -0.39 is 0 Å². The topological polar surface area (TPSA) is 53.7 Å². The SMILES string of the molecule is c1cnc2c(c1)oc1ccc(-n3c4ccccc4c4cc(-n5c6ccccc6c6cc(-n7c8ccccc8c8ccccc87)ccc65)ccc43)nc12. The molecule has 0 spiro atoms. The van der Waals surface area contributed by atoms with Gasteiger partial charge >= 0.3 is 0 Å². The summed E-state index contributed by atoms with van der Waals surface area (Å²) in [5.74, 6) is 0.828. The number of pyridine rings is 2. The molecule has 0 amide bonds. The highest BCUT2D eigenvalue weighted by Gasteiger charge is 2.19. The van der Waals surface area contributed by atoms with Crippen LogP contribution >= 0.6 is 0 Å². The van der Waals surface area contributed by atoms with Crippen LogP contribution in [-0.2, 0) is 0 Å². The standard InChI is InChI=1S/C46H27N5O/c1-5-14-36-30(10-1)31-11-2-6-15-37(31)49(36)28-19-21-40-34(26-28)32-12-3-7-16-38(32)50(40)29-20-22-41-35(27-29)33-13-4-8-17-39(33)51(41)44-24-23-43-46(48-44)45-42(52-43)18-9-25-47-45/h1-27H. The first-order valence-electron chi connectivity index (χ1n) is 17.5. The van der Waals surface area contributed by atoms with Gasteiger partial charge in [0.2, 0.25) is 0 Å². The highest BCUT2D eigenvalue weighted by molar-refractivity contribution is 6.14. The fourth-order valence-corrected chi connectivity index (χ4v) is 8.51. The van der Waals surface area contributed by atoms with Gasteiger partial charge in [-0.1, -0.05) is 72.8 Å². The highest BCUT2D eigenvalue weighted by Crippen LogP contribution is 2.39. The average Bonchev–Trinajstić information content (AvgIpc) is 3.93. The number of hydrogen-bond donors (Lipinski definition) is 0. The largest absolute Gasteiger partial charge is 0.453 e. The zero-order valence-corrected chi connectivity index (χ0v) is 27.7. The summed E-state index contributed by atoms with van der Waals surface area (Å²) >= 11 is 0. The lowest BCUT2D eigenvalue weighted by atomic mass is 10.1. The van der Waals surface area contributed by atoms with Crippen LogP contribution in [0, 0.1) is 0 Å². The Kier molecular flexibility index (Phi) is 5.41. The van der Waals surface area contributed by atoms with Crippen molar-refractivity contribution in [2.75, 3.05) is 0 Å². The minimum atomic E-state index is 0.730. The Bertz CT molecular complexity index is 3380. The Morgan fingerprint density at radius 2 is 0.827 bits per heavy atom. The number of furan rings is 1. The van der Waals surface area contributed by atoms with Crippen molar-refractivity contribution in [2.24, 2.45) is 0 Å². The van der Waals surface area contributed by atoms with E-state index in [4.69, 9.17) is 9.40 Å². The lowest BCUT2D eigenvalue weighted by Gasteiger charge is -2.11. The van der Waals surface area contributed by atoms with E-state index in [0.29, 0.717) is 0 Å². The van der Waals surface area contributed by atoms with Crippen molar-refractivity contribution >= 4 is 87.6 Å². The van der Waals surface area contributed by atoms with Crippen LogP contribution in [0.4, 0.5) is 0 Å². The van der Waals surface area contributed by atoms with Gasteiger partial charge in [0.25, 0.3) is 0 Å². The molecule has 0 unspecified atom stereocenters. The van der Waals surface area contributed by atoms with E-state index in [1.807, 2.05) is 24.3 Å². The predicted octanol–water partition coefficient (Wildman–Crippen LogP) is 11.7. The van der Waals surface area contributed by atoms with Gasteiger partial charge < -0.3 is 13.6 Å². The smallest absolute Gasteiger partial charge is 0.155 e. The van der Waals surface area contributed by atoms with E-state index in [-0.39, 0.29) is 0 Å². The third-order valence-electron chi connectivity index (χ3n) is 10.7. The summed E-state index contributed by atoms with van der Waals surface area (Å²) in [6, 6.07) is 56.2. The van der Waals surface area contributed by atoms with Gasteiger partial charge in [-0.2, -0.15) is 0 Å². The third kappa shape index (κ3) is 3.67. The fourth-order valence-electron chi connectivity index (χ4n) is 8.51. The molecule has 242 valence electrons. The first kappa shape index (κ1) is 27.6. The minimum Gasteiger partial charge on any atom is -0.453 e. The number of aromatic nitrogens is 5. The zero-order chi connectivity index (χ0) is 33.9. The Balaban J connectivity index is 1.08. The maximum atomic E-state index is 6.05. The van der Waals surface area contributed by atoms with Crippen LogP contribution in [0.25, 0.3) is 105 Å². The van der Waals surface area contributed by atoms with E-state index in [1.165, 1.54) is 49.0 Å². The molecular weight excluding hydrogens is 639 g/mol. The molecule has 0 N–H and O–H groups in total. The van der Waals surface area contributed by atoms with Gasteiger partial charge in [0.05, 0.1) is 33.1 Å². The molecule has 0 atom stereocenters. The Morgan fingerprint density at radius 1 is 0.365 bits per heavy atom. The molecule has 0 fully saturated rings. The van der Waals surface area contributed by atoms with Gasteiger partial charge in [0.15, 0.2) is 11.2 Å². The normalized spacial score (nSPS) is 12.2. The molecule has 0 aliphatic carbocycles. The number of rotatable bonds is 3. The molecule has 6 nitrogen and oxygen atoms in total. The van der Waals surface area contributed by atoms with E-state index in [1.54, 1.807) is 6.20 Å². The van der Waals surface area contributed by atoms with Crippen molar-refractivity contribution in [1.82, 2.24) is 23.7 Å². The monoisotopic (exact) mass is 665 g/mol. The quantitative estimate of drug-likeness (QED) is 0.189. The summed E-state index contributed by atoms with van der Waals surface area (Å²) < 4.78 is 13.1. The molecule has 0 aliphatic rings. The minimum absolute atomic E-state index is 0.730. The van der Waals surface area contributed by atoms with Crippen molar-refractivity contribution in [3.05, 3.63) is 164 Å². The van der Waals surface area contributed by atoms with E-state index >= 15 is 0 Å². The van der Waals surface area contributed by atoms with Crippen LogP contribution in [0.3, 0.4) is 0 Å².